The number of Topliss-reactive ketones (excluding diaryl/α,β-unsaturated/α-hetero) is 1. The Morgan fingerprint density at radius 3 is 2.65 bits per heavy atom. The van der Waals surface area contributed by atoms with E-state index in [2.05, 4.69) is 5.32 Å². The molecule has 0 amide bonds. The van der Waals surface area contributed by atoms with E-state index in [1.807, 2.05) is 6.92 Å². The third-order valence-corrected chi connectivity index (χ3v) is 2.49. The van der Waals surface area contributed by atoms with E-state index in [0.29, 0.717) is 30.0 Å². The second-order valence-electron chi connectivity index (χ2n) is 3.59. The minimum Gasteiger partial charge on any atom is -0.497 e. The first kappa shape index (κ1) is 13.5. The zero-order chi connectivity index (χ0) is 12.7. The van der Waals surface area contributed by atoms with Crippen molar-refractivity contribution in [3.05, 3.63) is 23.8 Å². The first-order chi connectivity index (χ1) is 8.22. The van der Waals surface area contributed by atoms with Crippen LogP contribution in [-0.2, 0) is 0 Å². The summed E-state index contributed by atoms with van der Waals surface area (Å²) in [4.78, 5) is 12.0. The van der Waals surface area contributed by atoms with E-state index in [9.17, 15) is 4.79 Å². The van der Waals surface area contributed by atoms with Gasteiger partial charge in [0.05, 0.1) is 19.8 Å². The smallest absolute Gasteiger partial charge is 0.168 e. The summed E-state index contributed by atoms with van der Waals surface area (Å²) in [5, 5.41) is 3.12. The van der Waals surface area contributed by atoms with Gasteiger partial charge >= 0.3 is 0 Å². The summed E-state index contributed by atoms with van der Waals surface area (Å²) >= 11 is 0. The van der Waals surface area contributed by atoms with Crippen molar-refractivity contribution < 1.29 is 14.3 Å². The lowest BCUT2D eigenvalue weighted by molar-refractivity contribution is 0.0979. The molecule has 0 atom stereocenters. The van der Waals surface area contributed by atoms with E-state index in [1.54, 1.807) is 32.4 Å². The lowest BCUT2D eigenvalue weighted by Gasteiger charge is -2.09. The summed E-state index contributed by atoms with van der Waals surface area (Å²) in [6.07, 6.45) is 0.456. The van der Waals surface area contributed by atoms with Crippen molar-refractivity contribution in [2.75, 3.05) is 27.3 Å². The molecule has 1 N–H and O–H groups in total. The number of rotatable bonds is 7. The van der Waals surface area contributed by atoms with Crippen LogP contribution in [0.2, 0.25) is 0 Å². The predicted molar refractivity (Wildman–Crippen MR) is 67.0 cm³/mol. The Morgan fingerprint density at radius 2 is 2.06 bits per heavy atom. The zero-order valence-electron chi connectivity index (χ0n) is 10.6. The van der Waals surface area contributed by atoms with Crippen molar-refractivity contribution in [2.45, 2.75) is 13.3 Å². The van der Waals surface area contributed by atoms with E-state index < -0.39 is 0 Å². The molecule has 1 aromatic carbocycles. The number of carbonyl (C=O) groups excluding carboxylic acids is 1. The molecule has 0 aliphatic rings. The molecule has 0 aliphatic heterocycles. The first-order valence-corrected chi connectivity index (χ1v) is 5.68. The SMILES string of the molecule is CCNCCC(=O)c1cc(OC)ccc1OC. The minimum absolute atomic E-state index is 0.0571. The normalized spacial score (nSPS) is 10.1. The van der Waals surface area contributed by atoms with Crippen LogP contribution in [0.3, 0.4) is 0 Å². The number of hydrogen-bond acceptors (Lipinski definition) is 4. The third-order valence-electron chi connectivity index (χ3n) is 2.49. The predicted octanol–water partition coefficient (Wildman–Crippen LogP) is 1.89. The average Bonchev–Trinajstić information content (AvgIpc) is 2.38. The van der Waals surface area contributed by atoms with Crippen molar-refractivity contribution in [2.24, 2.45) is 0 Å². The summed E-state index contributed by atoms with van der Waals surface area (Å²) in [6, 6.07) is 5.24. The maximum absolute atomic E-state index is 12.0. The quantitative estimate of drug-likeness (QED) is 0.581. The monoisotopic (exact) mass is 237 g/mol. The van der Waals surface area contributed by atoms with Crippen molar-refractivity contribution in [1.29, 1.82) is 0 Å². The van der Waals surface area contributed by atoms with Gasteiger partial charge in [0.25, 0.3) is 0 Å². The highest BCUT2D eigenvalue weighted by Gasteiger charge is 2.12. The molecule has 0 saturated heterocycles. The molecule has 94 valence electrons. The molecule has 0 spiro atoms. The molecule has 0 aliphatic carbocycles. The molecule has 4 nitrogen and oxygen atoms in total. The first-order valence-electron chi connectivity index (χ1n) is 5.68. The molecule has 1 rings (SSSR count). The van der Waals surface area contributed by atoms with Crippen LogP contribution in [0.15, 0.2) is 18.2 Å². The van der Waals surface area contributed by atoms with Crippen LogP contribution in [0, 0.1) is 0 Å². The van der Waals surface area contributed by atoms with Crippen LogP contribution >= 0.6 is 0 Å². The van der Waals surface area contributed by atoms with Crippen LogP contribution in [0.25, 0.3) is 0 Å². The molecule has 17 heavy (non-hydrogen) atoms. The van der Waals surface area contributed by atoms with Gasteiger partial charge in [-0.25, -0.2) is 0 Å². The fraction of sp³-hybridized carbons (Fsp3) is 0.462. The summed E-state index contributed by atoms with van der Waals surface area (Å²) in [5.41, 5.74) is 0.574. The second-order valence-corrected chi connectivity index (χ2v) is 3.59. The van der Waals surface area contributed by atoms with E-state index in [-0.39, 0.29) is 5.78 Å². The number of hydrogen-bond donors (Lipinski definition) is 1. The summed E-state index contributed by atoms with van der Waals surface area (Å²) in [6.45, 7) is 3.55. The standard InChI is InChI=1S/C13H19NO3/c1-4-14-8-7-12(15)11-9-10(16-2)5-6-13(11)17-3/h5-6,9,14H,4,7-8H2,1-3H3. The van der Waals surface area contributed by atoms with Gasteiger partial charge in [0.2, 0.25) is 0 Å². The maximum Gasteiger partial charge on any atom is 0.168 e. The van der Waals surface area contributed by atoms with E-state index in [1.165, 1.54) is 0 Å². The number of ether oxygens (including phenoxy) is 2. The molecule has 0 radical (unpaired) electrons. The number of benzene rings is 1. The lowest BCUT2D eigenvalue weighted by Crippen LogP contribution is -2.17. The van der Waals surface area contributed by atoms with Gasteiger partial charge in [-0.15, -0.1) is 0 Å². The molecule has 4 heteroatoms. The fourth-order valence-corrected chi connectivity index (χ4v) is 1.55. The average molecular weight is 237 g/mol. The van der Waals surface area contributed by atoms with Crippen molar-refractivity contribution >= 4 is 5.78 Å². The highest BCUT2D eigenvalue weighted by molar-refractivity contribution is 5.99. The molecule has 0 saturated carbocycles. The van der Waals surface area contributed by atoms with Gasteiger partial charge in [-0.3, -0.25) is 4.79 Å². The van der Waals surface area contributed by atoms with Gasteiger partial charge in [0.1, 0.15) is 11.5 Å². The molecular formula is C13H19NO3. The summed E-state index contributed by atoms with van der Waals surface area (Å²) < 4.78 is 10.3. The minimum atomic E-state index is 0.0571. The molecule has 0 bridgehead atoms. The molecular weight excluding hydrogens is 218 g/mol. The van der Waals surface area contributed by atoms with Crippen LogP contribution in [0.4, 0.5) is 0 Å². The maximum atomic E-state index is 12.0. The molecule has 0 fully saturated rings. The lowest BCUT2D eigenvalue weighted by atomic mass is 10.1. The van der Waals surface area contributed by atoms with E-state index in [4.69, 9.17) is 9.47 Å². The van der Waals surface area contributed by atoms with Crippen LogP contribution in [-0.4, -0.2) is 33.1 Å². The van der Waals surface area contributed by atoms with Crippen molar-refractivity contribution in [3.8, 4) is 11.5 Å². The second kappa shape index (κ2) is 6.91. The highest BCUT2D eigenvalue weighted by atomic mass is 16.5. The Labute approximate surface area is 102 Å². The van der Waals surface area contributed by atoms with Crippen LogP contribution in [0.1, 0.15) is 23.7 Å². The Morgan fingerprint density at radius 1 is 1.29 bits per heavy atom. The number of methoxy groups -OCH3 is 2. The highest BCUT2D eigenvalue weighted by Crippen LogP contribution is 2.24. The molecule has 0 aromatic heterocycles. The van der Waals surface area contributed by atoms with E-state index >= 15 is 0 Å². The molecule has 0 unspecified atom stereocenters. The number of nitrogens with one attached hydrogen (secondary N) is 1. The number of ketones is 1. The van der Waals surface area contributed by atoms with E-state index in [0.717, 1.165) is 6.54 Å². The van der Waals surface area contributed by atoms with Gasteiger partial charge in [-0.2, -0.15) is 0 Å². The van der Waals surface area contributed by atoms with Crippen molar-refractivity contribution in [3.63, 3.8) is 0 Å². The molecule has 1 aromatic rings. The third kappa shape index (κ3) is 3.75. The van der Waals surface area contributed by atoms with Gasteiger partial charge in [-0.1, -0.05) is 6.92 Å². The topological polar surface area (TPSA) is 47.6 Å². The summed E-state index contributed by atoms with van der Waals surface area (Å²) in [7, 11) is 3.14. The largest absolute Gasteiger partial charge is 0.497 e. The van der Waals surface area contributed by atoms with Gasteiger partial charge in [0.15, 0.2) is 5.78 Å². The van der Waals surface area contributed by atoms with Gasteiger partial charge in [0, 0.05) is 13.0 Å². The Hall–Kier alpha value is -1.55. The summed E-state index contributed by atoms with van der Waals surface area (Å²) in [5.74, 6) is 1.31. The zero-order valence-corrected chi connectivity index (χ0v) is 10.6. The van der Waals surface area contributed by atoms with Gasteiger partial charge in [-0.05, 0) is 24.7 Å². The fourth-order valence-electron chi connectivity index (χ4n) is 1.55. The van der Waals surface area contributed by atoms with Crippen molar-refractivity contribution in [1.82, 2.24) is 5.32 Å². The number of carbonyl (C=O) groups is 1. The van der Waals surface area contributed by atoms with Gasteiger partial charge < -0.3 is 14.8 Å². The Bertz CT molecular complexity index is 377. The Kier molecular flexibility index (Phi) is 5.49. The Balaban J connectivity index is 2.82. The van der Waals surface area contributed by atoms with Crippen LogP contribution in [0.5, 0.6) is 11.5 Å². The molecule has 0 heterocycles. The van der Waals surface area contributed by atoms with Crippen LogP contribution < -0.4 is 14.8 Å².